The van der Waals surface area contributed by atoms with Crippen LogP contribution in [0.1, 0.15) is 29.6 Å². The van der Waals surface area contributed by atoms with Gasteiger partial charge >= 0.3 is 5.97 Å². The molecule has 1 saturated heterocycles. The lowest BCUT2D eigenvalue weighted by Crippen LogP contribution is -2.37. The molecule has 0 unspecified atom stereocenters. The van der Waals surface area contributed by atoms with Crippen LogP contribution < -0.4 is 4.72 Å². The van der Waals surface area contributed by atoms with Gasteiger partial charge < -0.3 is 14.2 Å². The Labute approximate surface area is 166 Å². The molecule has 0 radical (unpaired) electrons. The number of benzene rings is 1. The van der Waals surface area contributed by atoms with E-state index in [1.807, 2.05) is 42.1 Å². The number of para-hydroxylation sites is 1. The molecule has 8 heteroatoms. The highest BCUT2D eigenvalue weighted by Gasteiger charge is 2.22. The first-order valence-corrected chi connectivity index (χ1v) is 11.6. The third-order valence-electron chi connectivity index (χ3n) is 5.29. The quantitative estimate of drug-likeness (QED) is 0.535. The van der Waals surface area contributed by atoms with Crippen LogP contribution in [0.2, 0.25) is 0 Å². The summed E-state index contributed by atoms with van der Waals surface area (Å²) in [5, 5.41) is 0.924. The summed E-state index contributed by atoms with van der Waals surface area (Å²) in [6.45, 7) is 3.71. The van der Waals surface area contributed by atoms with E-state index in [9.17, 15) is 13.2 Å². The van der Waals surface area contributed by atoms with Gasteiger partial charge in [-0.15, -0.1) is 0 Å². The fraction of sp³-hybridized carbons (Fsp3) is 0.550. The molecule has 3 rings (SSSR count). The number of esters is 1. The second-order valence-electron chi connectivity index (χ2n) is 7.57. The van der Waals surface area contributed by atoms with Gasteiger partial charge in [-0.25, -0.2) is 17.9 Å². The summed E-state index contributed by atoms with van der Waals surface area (Å²) >= 11 is 0. The molecule has 154 valence electrons. The third-order valence-corrected chi connectivity index (χ3v) is 6.02. The normalized spacial score (nSPS) is 16.5. The molecule has 1 N–H and O–H groups in total. The first kappa shape index (κ1) is 20.8. The number of piperidine rings is 1. The van der Waals surface area contributed by atoms with Gasteiger partial charge in [-0.2, -0.15) is 0 Å². The largest absolute Gasteiger partial charge is 0.462 e. The predicted octanol–water partition coefficient (Wildman–Crippen LogP) is 1.99. The van der Waals surface area contributed by atoms with Crippen molar-refractivity contribution in [3.8, 4) is 0 Å². The van der Waals surface area contributed by atoms with E-state index in [1.165, 1.54) is 6.26 Å². The number of fused-ring (bicyclic) bond motifs is 1. The van der Waals surface area contributed by atoms with Crippen molar-refractivity contribution in [3.05, 3.63) is 36.0 Å². The standard InChI is InChI=1S/C20H29N3O4S/c1-22-14-18(17-6-3-4-7-19(17)22)20(24)27-15-16-8-12-23(13-9-16)11-5-10-21-28(2,25)26/h3-4,6-7,14,16,21H,5,8-13,15H2,1-2H3. The highest BCUT2D eigenvalue weighted by Crippen LogP contribution is 2.22. The van der Waals surface area contributed by atoms with Gasteiger partial charge in [0.25, 0.3) is 0 Å². The second-order valence-corrected chi connectivity index (χ2v) is 9.41. The van der Waals surface area contributed by atoms with Crippen molar-refractivity contribution < 1.29 is 17.9 Å². The molecule has 2 aromatic rings. The van der Waals surface area contributed by atoms with E-state index in [0.29, 0.717) is 24.6 Å². The monoisotopic (exact) mass is 407 g/mol. The van der Waals surface area contributed by atoms with Crippen LogP contribution in [-0.4, -0.2) is 62.9 Å². The lowest BCUT2D eigenvalue weighted by molar-refractivity contribution is 0.0374. The summed E-state index contributed by atoms with van der Waals surface area (Å²) in [6.07, 6.45) is 5.79. The number of nitrogens with one attached hydrogen (secondary N) is 1. The number of rotatable bonds is 8. The number of likely N-dealkylation sites (tertiary alicyclic amines) is 1. The molecule has 2 heterocycles. The smallest absolute Gasteiger partial charge is 0.340 e. The summed E-state index contributed by atoms with van der Waals surface area (Å²) < 4.78 is 32.2. The SMILES string of the molecule is Cn1cc(C(=O)OCC2CCN(CCCNS(C)(=O)=O)CC2)c2ccccc21. The fourth-order valence-electron chi connectivity index (χ4n) is 3.71. The van der Waals surface area contributed by atoms with Gasteiger partial charge in [0.2, 0.25) is 10.0 Å². The van der Waals surface area contributed by atoms with E-state index >= 15 is 0 Å². The van der Waals surface area contributed by atoms with E-state index in [2.05, 4.69) is 9.62 Å². The molecule has 1 fully saturated rings. The highest BCUT2D eigenvalue weighted by molar-refractivity contribution is 7.88. The maximum absolute atomic E-state index is 12.5. The average Bonchev–Trinajstić information content (AvgIpc) is 3.01. The summed E-state index contributed by atoms with van der Waals surface area (Å²) in [4.78, 5) is 14.9. The van der Waals surface area contributed by atoms with E-state index in [4.69, 9.17) is 4.74 Å². The zero-order valence-electron chi connectivity index (χ0n) is 16.6. The molecule has 1 aliphatic heterocycles. The van der Waals surface area contributed by atoms with Crippen molar-refractivity contribution in [2.24, 2.45) is 13.0 Å². The van der Waals surface area contributed by atoms with Crippen LogP contribution in [0.4, 0.5) is 0 Å². The minimum atomic E-state index is -3.11. The zero-order valence-corrected chi connectivity index (χ0v) is 17.4. The number of sulfonamides is 1. The summed E-state index contributed by atoms with van der Waals surface area (Å²) in [5.41, 5.74) is 1.64. The lowest BCUT2D eigenvalue weighted by atomic mass is 9.97. The van der Waals surface area contributed by atoms with Crippen molar-refractivity contribution >= 4 is 26.9 Å². The topological polar surface area (TPSA) is 80.6 Å². The van der Waals surface area contributed by atoms with Gasteiger partial charge in [0.05, 0.1) is 18.4 Å². The van der Waals surface area contributed by atoms with Gasteiger partial charge in [-0.1, -0.05) is 18.2 Å². The fourth-order valence-corrected chi connectivity index (χ4v) is 4.23. The molecular weight excluding hydrogens is 378 g/mol. The molecule has 0 aliphatic carbocycles. The van der Waals surface area contributed by atoms with Crippen molar-refractivity contribution in [1.82, 2.24) is 14.2 Å². The molecule has 0 amide bonds. The van der Waals surface area contributed by atoms with Crippen molar-refractivity contribution in [3.63, 3.8) is 0 Å². The number of nitrogens with zero attached hydrogens (tertiary/aromatic N) is 2. The van der Waals surface area contributed by atoms with Crippen LogP contribution in [0.3, 0.4) is 0 Å². The number of carbonyl (C=O) groups excluding carboxylic acids is 1. The maximum Gasteiger partial charge on any atom is 0.340 e. The van der Waals surface area contributed by atoms with Crippen molar-refractivity contribution in [2.45, 2.75) is 19.3 Å². The van der Waals surface area contributed by atoms with E-state index in [-0.39, 0.29) is 5.97 Å². The number of hydrogen-bond acceptors (Lipinski definition) is 5. The highest BCUT2D eigenvalue weighted by atomic mass is 32.2. The van der Waals surface area contributed by atoms with E-state index in [0.717, 1.165) is 49.8 Å². The van der Waals surface area contributed by atoms with Gasteiger partial charge in [-0.05, 0) is 50.9 Å². The van der Waals surface area contributed by atoms with E-state index < -0.39 is 10.0 Å². The Balaban J connectivity index is 1.41. The predicted molar refractivity (Wildman–Crippen MR) is 110 cm³/mol. The Kier molecular flexibility index (Phi) is 6.74. The van der Waals surface area contributed by atoms with Crippen LogP contribution in [0.15, 0.2) is 30.5 Å². The Morgan fingerprint density at radius 2 is 1.96 bits per heavy atom. The first-order chi connectivity index (χ1) is 13.3. The number of aryl methyl sites for hydroxylation is 1. The summed E-state index contributed by atoms with van der Waals surface area (Å²) in [6, 6.07) is 7.83. The van der Waals surface area contributed by atoms with Crippen LogP contribution >= 0.6 is 0 Å². The number of hydrogen-bond donors (Lipinski definition) is 1. The molecule has 7 nitrogen and oxygen atoms in total. The van der Waals surface area contributed by atoms with Crippen molar-refractivity contribution in [2.75, 3.05) is 39.0 Å². The Morgan fingerprint density at radius 1 is 1.25 bits per heavy atom. The Morgan fingerprint density at radius 3 is 2.68 bits per heavy atom. The Bertz CT molecular complexity index is 915. The van der Waals surface area contributed by atoms with Crippen LogP contribution in [0.5, 0.6) is 0 Å². The number of ether oxygens (including phenoxy) is 1. The third kappa shape index (κ3) is 5.56. The minimum Gasteiger partial charge on any atom is -0.462 e. The number of aromatic nitrogens is 1. The molecule has 1 aliphatic rings. The van der Waals surface area contributed by atoms with Gasteiger partial charge in [-0.3, -0.25) is 0 Å². The van der Waals surface area contributed by atoms with E-state index in [1.54, 1.807) is 0 Å². The minimum absolute atomic E-state index is 0.258. The lowest BCUT2D eigenvalue weighted by Gasteiger charge is -2.31. The van der Waals surface area contributed by atoms with Crippen LogP contribution in [0.25, 0.3) is 10.9 Å². The first-order valence-electron chi connectivity index (χ1n) is 9.71. The van der Waals surface area contributed by atoms with Crippen molar-refractivity contribution in [1.29, 1.82) is 0 Å². The van der Waals surface area contributed by atoms with Gasteiger partial charge in [0, 0.05) is 30.7 Å². The van der Waals surface area contributed by atoms with Crippen LogP contribution in [0, 0.1) is 5.92 Å². The number of carbonyl (C=O) groups is 1. The molecule has 1 aromatic carbocycles. The zero-order chi connectivity index (χ0) is 20.1. The van der Waals surface area contributed by atoms with Gasteiger partial charge in [0.1, 0.15) is 0 Å². The molecule has 0 atom stereocenters. The maximum atomic E-state index is 12.5. The molecule has 0 saturated carbocycles. The second kappa shape index (κ2) is 9.07. The molecule has 0 bridgehead atoms. The van der Waals surface area contributed by atoms with Gasteiger partial charge in [0.15, 0.2) is 0 Å². The molecule has 28 heavy (non-hydrogen) atoms. The molecule has 0 spiro atoms. The molecule has 1 aromatic heterocycles. The van der Waals surface area contributed by atoms with Crippen LogP contribution in [-0.2, 0) is 21.8 Å². The summed E-state index contributed by atoms with van der Waals surface area (Å²) in [7, 11) is -1.17. The Hall–Kier alpha value is -1.90. The average molecular weight is 408 g/mol. The summed E-state index contributed by atoms with van der Waals surface area (Å²) in [5.74, 6) is 0.121. The molecular formula is C20H29N3O4S.